The quantitative estimate of drug-likeness (QED) is 0.575. The van der Waals surface area contributed by atoms with Gasteiger partial charge in [0.2, 0.25) is 0 Å². The van der Waals surface area contributed by atoms with Gasteiger partial charge in [-0.15, -0.1) is 0 Å². The molecule has 0 spiro atoms. The number of hydrogen-bond acceptors (Lipinski definition) is 3. The van der Waals surface area contributed by atoms with Crippen LogP contribution < -0.4 is 10.1 Å². The van der Waals surface area contributed by atoms with E-state index >= 15 is 0 Å². The van der Waals surface area contributed by atoms with Crippen molar-refractivity contribution < 1.29 is 14.3 Å². The Labute approximate surface area is 171 Å². The van der Waals surface area contributed by atoms with Crippen molar-refractivity contribution in [3.05, 3.63) is 102 Å². The molecule has 0 aliphatic carbocycles. The minimum absolute atomic E-state index is 0.00372. The summed E-state index contributed by atoms with van der Waals surface area (Å²) >= 11 is 0. The fourth-order valence-corrected chi connectivity index (χ4v) is 3.40. The Hall–Kier alpha value is -3.40. The third-order valence-corrected chi connectivity index (χ3v) is 4.84. The predicted molar refractivity (Wildman–Crippen MR) is 114 cm³/mol. The normalized spacial score (nSPS) is 11.7. The monoisotopic (exact) mass is 387 g/mol. The number of carbonyl (C=O) groups is 2. The van der Waals surface area contributed by atoms with Crippen LogP contribution in [0.3, 0.4) is 0 Å². The molecule has 1 amide bonds. The second-order valence-electron chi connectivity index (χ2n) is 7.02. The lowest BCUT2D eigenvalue weighted by molar-refractivity contribution is -0.123. The molecule has 0 aromatic heterocycles. The molecule has 4 heteroatoms. The van der Waals surface area contributed by atoms with Crippen LogP contribution in [-0.2, 0) is 4.79 Å². The summed E-state index contributed by atoms with van der Waals surface area (Å²) in [4.78, 5) is 23.8. The van der Waals surface area contributed by atoms with E-state index in [2.05, 4.69) is 29.6 Å². The van der Waals surface area contributed by atoms with E-state index in [1.54, 1.807) is 24.3 Å². The largest absolute Gasteiger partial charge is 0.484 e. The Morgan fingerprint density at radius 2 is 1.34 bits per heavy atom. The van der Waals surface area contributed by atoms with Crippen LogP contribution in [0.4, 0.5) is 0 Å². The molecule has 0 bridgehead atoms. The lowest BCUT2D eigenvalue weighted by Crippen LogP contribution is -2.40. The van der Waals surface area contributed by atoms with Crippen LogP contribution in [0.15, 0.2) is 84.9 Å². The molecule has 3 aromatic carbocycles. The molecule has 0 radical (unpaired) electrons. The zero-order valence-corrected chi connectivity index (χ0v) is 16.7. The molecule has 3 rings (SSSR count). The number of Topliss-reactive ketones (excluding diaryl/α,β-unsaturated/α-hetero) is 1. The minimum atomic E-state index is -0.190. The van der Waals surface area contributed by atoms with Gasteiger partial charge in [0.25, 0.3) is 5.91 Å². The van der Waals surface area contributed by atoms with Gasteiger partial charge in [-0.05, 0) is 49.2 Å². The second-order valence-corrected chi connectivity index (χ2v) is 7.02. The summed E-state index contributed by atoms with van der Waals surface area (Å²) in [5.41, 5.74) is 2.91. The van der Waals surface area contributed by atoms with Gasteiger partial charge < -0.3 is 10.1 Å². The molecule has 3 aromatic rings. The van der Waals surface area contributed by atoms with Crippen LogP contribution in [0.25, 0.3) is 0 Å². The molecular formula is C25H25NO3. The van der Waals surface area contributed by atoms with Crippen molar-refractivity contribution in [1.82, 2.24) is 5.32 Å². The van der Waals surface area contributed by atoms with Gasteiger partial charge in [-0.25, -0.2) is 0 Å². The first-order valence-corrected chi connectivity index (χ1v) is 9.67. The predicted octanol–water partition coefficient (Wildman–Crippen LogP) is 4.60. The second kappa shape index (κ2) is 9.69. The summed E-state index contributed by atoms with van der Waals surface area (Å²) < 4.78 is 5.57. The Morgan fingerprint density at radius 3 is 1.83 bits per heavy atom. The number of hydrogen-bond donors (Lipinski definition) is 1. The molecule has 1 atom stereocenters. The standard InChI is InChI=1S/C25H25NO3/c1-18(25(21-9-5-3-6-10-21)22-11-7-4-8-12-22)26-24(28)17-29-23-15-13-20(14-16-23)19(2)27/h3-16,18,25H,17H2,1-2H3,(H,26,28). The van der Waals surface area contributed by atoms with Crippen LogP contribution >= 0.6 is 0 Å². The van der Waals surface area contributed by atoms with Crippen LogP contribution in [0.2, 0.25) is 0 Å². The topological polar surface area (TPSA) is 55.4 Å². The molecule has 0 saturated heterocycles. The van der Waals surface area contributed by atoms with Crippen LogP contribution in [0.1, 0.15) is 41.3 Å². The average molecular weight is 387 g/mol. The first-order chi connectivity index (χ1) is 14.0. The van der Waals surface area contributed by atoms with Crippen molar-refractivity contribution in [2.45, 2.75) is 25.8 Å². The fraction of sp³-hybridized carbons (Fsp3) is 0.200. The van der Waals surface area contributed by atoms with E-state index in [4.69, 9.17) is 4.74 Å². The zero-order valence-electron chi connectivity index (χ0n) is 16.7. The van der Waals surface area contributed by atoms with Gasteiger partial charge in [-0.1, -0.05) is 60.7 Å². The highest BCUT2D eigenvalue weighted by Crippen LogP contribution is 2.27. The van der Waals surface area contributed by atoms with Crippen molar-refractivity contribution in [3.63, 3.8) is 0 Å². The summed E-state index contributed by atoms with van der Waals surface area (Å²) in [6.07, 6.45) is 0. The van der Waals surface area contributed by atoms with E-state index in [1.807, 2.05) is 43.3 Å². The molecule has 148 valence electrons. The number of carbonyl (C=O) groups excluding carboxylic acids is 2. The van der Waals surface area contributed by atoms with Crippen molar-refractivity contribution in [2.75, 3.05) is 6.61 Å². The molecule has 0 fully saturated rings. The van der Waals surface area contributed by atoms with Gasteiger partial charge in [0.15, 0.2) is 12.4 Å². The third kappa shape index (κ3) is 5.55. The maximum Gasteiger partial charge on any atom is 0.258 e. The Bertz CT molecular complexity index is 897. The lowest BCUT2D eigenvalue weighted by atomic mass is 9.86. The van der Waals surface area contributed by atoms with Gasteiger partial charge in [-0.2, -0.15) is 0 Å². The highest BCUT2D eigenvalue weighted by Gasteiger charge is 2.22. The summed E-state index contributed by atoms with van der Waals surface area (Å²) in [7, 11) is 0. The van der Waals surface area contributed by atoms with Gasteiger partial charge in [0.05, 0.1) is 0 Å². The number of benzene rings is 3. The number of amides is 1. The van der Waals surface area contributed by atoms with Gasteiger partial charge in [0.1, 0.15) is 5.75 Å². The molecule has 29 heavy (non-hydrogen) atoms. The molecule has 0 aliphatic heterocycles. The summed E-state index contributed by atoms with van der Waals surface area (Å²) in [6, 6.07) is 27.0. The molecular weight excluding hydrogens is 362 g/mol. The van der Waals surface area contributed by atoms with Crippen molar-refractivity contribution in [2.24, 2.45) is 0 Å². The molecule has 4 nitrogen and oxygen atoms in total. The molecule has 0 heterocycles. The van der Waals surface area contributed by atoms with Gasteiger partial charge in [-0.3, -0.25) is 9.59 Å². The molecule has 1 unspecified atom stereocenters. The molecule has 0 saturated carbocycles. The highest BCUT2D eigenvalue weighted by molar-refractivity contribution is 5.94. The number of nitrogens with one attached hydrogen (secondary N) is 1. The van der Waals surface area contributed by atoms with Crippen LogP contribution in [0.5, 0.6) is 5.75 Å². The Balaban J connectivity index is 1.65. The van der Waals surface area contributed by atoms with E-state index in [9.17, 15) is 9.59 Å². The first kappa shape index (κ1) is 20.3. The van der Waals surface area contributed by atoms with E-state index < -0.39 is 0 Å². The van der Waals surface area contributed by atoms with Crippen molar-refractivity contribution in [3.8, 4) is 5.75 Å². The van der Waals surface area contributed by atoms with Gasteiger partial charge in [0, 0.05) is 17.5 Å². The summed E-state index contributed by atoms with van der Waals surface area (Å²) in [6.45, 7) is 3.44. The maximum atomic E-state index is 12.5. The van der Waals surface area contributed by atoms with E-state index in [-0.39, 0.29) is 30.3 Å². The molecule has 1 N–H and O–H groups in total. The maximum absolute atomic E-state index is 12.5. The van der Waals surface area contributed by atoms with Crippen LogP contribution in [-0.4, -0.2) is 24.3 Å². The van der Waals surface area contributed by atoms with Crippen molar-refractivity contribution >= 4 is 11.7 Å². The first-order valence-electron chi connectivity index (χ1n) is 9.67. The third-order valence-electron chi connectivity index (χ3n) is 4.84. The van der Waals surface area contributed by atoms with E-state index in [0.717, 1.165) is 11.1 Å². The van der Waals surface area contributed by atoms with Crippen molar-refractivity contribution in [1.29, 1.82) is 0 Å². The van der Waals surface area contributed by atoms with E-state index in [1.165, 1.54) is 6.92 Å². The summed E-state index contributed by atoms with van der Waals surface area (Å²) in [5.74, 6) is 0.401. The van der Waals surface area contributed by atoms with Gasteiger partial charge >= 0.3 is 0 Å². The minimum Gasteiger partial charge on any atom is -0.484 e. The number of rotatable bonds is 8. The summed E-state index contributed by atoms with van der Waals surface area (Å²) in [5, 5.41) is 3.06. The zero-order chi connectivity index (χ0) is 20.6. The Kier molecular flexibility index (Phi) is 6.80. The van der Waals surface area contributed by atoms with E-state index in [0.29, 0.717) is 11.3 Å². The highest BCUT2D eigenvalue weighted by atomic mass is 16.5. The smallest absolute Gasteiger partial charge is 0.258 e. The SMILES string of the molecule is CC(=O)c1ccc(OCC(=O)NC(C)C(c2ccccc2)c2ccccc2)cc1. The van der Waals surface area contributed by atoms with Crippen LogP contribution in [0, 0.1) is 0 Å². The average Bonchev–Trinajstić information content (AvgIpc) is 2.74. The Morgan fingerprint density at radius 1 is 0.828 bits per heavy atom. The number of ether oxygens (including phenoxy) is 1. The fourth-order valence-electron chi connectivity index (χ4n) is 3.40. The molecule has 0 aliphatic rings. The lowest BCUT2D eigenvalue weighted by Gasteiger charge is -2.26. The number of ketones is 1.